The minimum atomic E-state index is 0.833. The van der Waals surface area contributed by atoms with E-state index in [0.717, 1.165) is 5.92 Å². The Kier molecular flexibility index (Phi) is 2.15. The van der Waals surface area contributed by atoms with E-state index < -0.39 is 0 Å². The van der Waals surface area contributed by atoms with Crippen LogP contribution in [0.2, 0.25) is 0 Å². The Morgan fingerprint density at radius 2 is 1.00 bits per heavy atom. The monoisotopic (exact) mass is 126 g/mol. The van der Waals surface area contributed by atoms with Crippen LogP contribution in [0.3, 0.4) is 0 Å². The van der Waals surface area contributed by atoms with E-state index in [0.29, 0.717) is 0 Å². The molecule has 3 saturated carbocycles. The number of hydrogen-bond donors (Lipinski definition) is 0. The summed E-state index contributed by atoms with van der Waals surface area (Å²) in [6.45, 7) is 6.50. The molecule has 0 heterocycles. The summed E-state index contributed by atoms with van der Waals surface area (Å²) in [7, 11) is 0. The molecule has 0 radical (unpaired) electrons. The second-order valence-electron chi connectivity index (χ2n) is 4.17. The van der Waals surface area contributed by atoms with Gasteiger partial charge in [0, 0.05) is 0 Å². The lowest BCUT2D eigenvalue weighted by molar-refractivity contribution is 0.0198. The van der Waals surface area contributed by atoms with Crippen LogP contribution in [-0.2, 0) is 0 Å². The van der Waals surface area contributed by atoms with Gasteiger partial charge in [0.25, 0.3) is 0 Å². The van der Waals surface area contributed by atoms with Crippen LogP contribution in [0.4, 0.5) is 0 Å². The van der Waals surface area contributed by atoms with E-state index in [9.17, 15) is 0 Å². The Hall–Kier alpha value is 0. The molecule has 0 amide bonds. The maximum Gasteiger partial charge on any atom is -0.0406 e. The molecule has 0 nitrogen and oxygen atoms in total. The average Bonchev–Trinajstić information content (AvgIpc) is 1.11. The van der Waals surface area contributed by atoms with Gasteiger partial charge in [0.2, 0.25) is 0 Å². The summed E-state index contributed by atoms with van der Waals surface area (Å²) in [6.07, 6.45) is 4.75. The van der Waals surface area contributed by atoms with Gasteiger partial charge in [0.1, 0.15) is 0 Å². The van der Waals surface area contributed by atoms with Gasteiger partial charge in [0.05, 0.1) is 0 Å². The first kappa shape index (κ1) is 7.11. The number of hydrogen-bond acceptors (Lipinski definition) is 0. The molecule has 0 aromatic heterocycles. The van der Waals surface area contributed by atoms with Gasteiger partial charge >= 0.3 is 0 Å². The van der Waals surface area contributed by atoms with E-state index in [1.165, 1.54) is 11.8 Å². The van der Waals surface area contributed by atoms with Crippen molar-refractivity contribution in [3.63, 3.8) is 0 Å². The van der Waals surface area contributed by atoms with Crippen molar-refractivity contribution in [3.05, 3.63) is 0 Å². The summed E-state index contributed by atoms with van der Waals surface area (Å²) in [4.78, 5) is 0. The maximum atomic E-state index is 2.17. The van der Waals surface area contributed by atoms with E-state index in [2.05, 4.69) is 20.8 Å². The van der Waals surface area contributed by atoms with Crippen LogP contribution in [0.15, 0.2) is 0 Å². The molecule has 0 spiro atoms. The molecule has 0 aromatic carbocycles. The van der Waals surface area contributed by atoms with Gasteiger partial charge in [-0.15, -0.1) is 0 Å². The Bertz CT molecular complexity index is 61.0. The maximum absolute atomic E-state index is 2.17. The van der Waals surface area contributed by atoms with Gasteiger partial charge in [-0.25, -0.2) is 0 Å². The molecule has 0 N–H and O–H groups in total. The molecule has 3 rings (SSSR count). The molecule has 54 valence electrons. The van der Waals surface area contributed by atoms with Crippen molar-refractivity contribution in [2.45, 2.75) is 40.0 Å². The van der Waals surface area contributed by atoms with E-state index in [-0.39, 0.29) is 0 Å². The third kappa shape index (κ3) is 2.00. The van der Waals surface area contributed by atoms with Crippen LogP contribution in [-0.4, -0.2) is 0 Å². The van der Waals surface area contributed by atoms with E-state index in [1.54, 1.807) is 19.3 Å². The summed E-state index contributed by atoms with van der Waals surface area (Å²) in [5, 5.41) is 0. The van der Waals surface area contributed by atoms with Crippen molar-refractivity contribution in [3.8, 4) is 0 Å². The second kappa shape index (κ2) is 2.72. The predicted molar refractivity (Wildman–Crippen MR) is 41.3 cm³/mol. The molecule has 0 saturated heterocycles. The van der Waals surface area contributed by atoms with Crippen molar-refractivity contribution in [1.29, 1.82) is 0 Å². The molecule has 3 aliphatic carbocycles. The van der Waals surface area contributed by atoms with E-state index in [1.807, 2.05) is 0 Å². The topological polar surface area (TPSA) is 0 Å². The molecule has 0 unspecified atom stereocenters. The first-order valence-electron chi connectivity index (χ1n) is 4.18. The summed E-state index contributed by atoms with van der Waals surface area (Å²) in [5.41, 5.74) is 0. The molecule has 0 aromatic rings. The van der Waals surface area contributed by atoms with Crippen LogP contribution in [0.1, 0.15) is 40.0 Å². The molecule has 9 heavy (non-hydrogen) atoms. The van der Waals surface area contributed by atoms with Crippen molar-refractivity contribution in [1.82, 2.24) is 0 Å². The molecule has 0 atom stereocenters. The van der Waals surface area contributed by atoms with Crippen molar-refractivity contribution >= 4 is 0 Å². The highest BCUT2D eigenvalue weighted by Gasteiger charge is 2.41. The Labute approximate surface area is 58.7 Å². The fourth-order valence-electron chi connectivity index (χ4n) is 1.21. The fraction of sp³-hybridized carbons (Fsp3) is 1.00. The zero-order valence-electron chi connectivity index (χ0n) is 6.85. The third-order valence-electron chi connectivity index (χ3n) is 2.00. The highest BCUT2D eigenvalue weighted by atomic mass is 14.5. The molecule has 0 aliphatic heterocycles. The Morgan fingerprint density at radius 1 is 0.889 bits per heavy atom. The van der Waals surface area contributed by atoms with E-state index >= 15 is 0 Å². The molecular weight excluding hydrogens is 108 g/mol. The van der Waals surface area contributed by atoms with Crippen molar-refractivity contribution in [2.24, 2.45) is 17.8 Å². The lowest BCUT2D eigenvalue weighted by Gasteiger charge is -2.49. The zero-order chi connectivity index (χ0) is 6.85. The predicted octanol–water partition coefficient (Wildman–Crippen LogP) is 3.08. The van der Waals surface area contributed by atoms with E-state index in [4.69, 9.17) is 0 Å². The highest BCUT2D eigenvalue weighted by molar-refractivity contribution is 4.92. The van der Waals surface area contributed by atoms with Crippen LogP contribution in [0.25, 0.3) is 0 Å². The minimum Gasteiger partial charge on any atom is -0.0630 e. The minimum absolute atomic E-state index is 0.833. The van der Waals surface area contributed by atoms with Crippen molar-refractivity contribution < 1.29 is 0 Å². The van der Waals surface area contributed by atoms with Crippen LogP contribution >= 0.6 is 0 Å². The second-order valence-corrected chi connectivity index (χ2v) is 4.17. The first-order valence-corrected chi connectivity index (χ1v) is 4.18. The largest absolute Gasteiger partial charge is 0.0630 e. The lowest BCUT2D eigenvalue weighted by Crippen LogP contribution is -2.38. The summed E-state index contributed by atoms with van der Waals surface area (Å²) >= 11 is 0. The molecule has 3 fully saturated rings. The van der Waals surface area contributed by atoms with Gasteiger partial charge in [-0.1, -0.05) is 20.8 Å². The first-order chi connectivity index (χ1) is 4.18. The van der Waals surface area contributed by atoms with Crippen LogP contribution in [0, 0.1) is 17.8 Å². The Morgan fingerprint density at radius 3 is 1.00 bits per heavy atom. The van der Waals surface area contributed by atoms with Gasteiger partial charge in [-0.2, -0.15) is 0 Å². The SMILES string of the molecule is C1C2CC1C2.CC(C)C. The summed E-state index contributed by atoms with van der Waals surface area (Å²) in [5.74, 6) is 3.25. The average molecular weight is 126 g/mol. The zero-order valence-corrected chi connectivity index (χ0v) is 6.85. The van der Waals surface area contributed by atoms with Gasteiger partial charge in [0.15, 0.2) is 0 Å². The summed E-state index contributed by atoms with van der Waals surface area (Å²) < 4.78 is 0. The smallest absolute Gasteiger partial charge is 0.0406 e. The van der Waals surface area contributed by atoms with Crippen LogP contribution in [0.5, 0.6) is 0 Å². The molecular formula is C9H18. The fourth-order valence-corrected chi connectivity index (χ4v) is 1.21. The van der Waals surface area contributed by atoms with Gasteiger partial charge in [-0.3, -0.25) is 0 Å². The van der Waals surface area contributed by atoms with Crippen LogP contribution < -0.4 is 0 Å². The summed E-state index contributed by atoms with van der Waals surface area (Å²) in [6, 6.07) is 0. The standard InChI is InChI=1S/C5H8.C4H10/c1-4-2-5(1)3-4;1-4(2)3/h4-5H,1-3H2;4H,1-3H3. The Balaban J connectivity index is 0.0000000945. The lowest BCUT2D eigenvalue weighted by atomic mass is 9.56. The molecule has 0 heteroatoms. The quantitative estimate of drug-likeness (QED) is 0.468. The highest BCUT2D eigenvalue weighted by Crippen LogP contribution is 2.52. The number of rotatable bonds is 0. The van der Waals surface area contributed by atoms with Gasteiger partial charge in [-0.05, 0) is 37.0 Å². The molecule has 3 aliphatic rings. The van der Waals surface area contributed by atoms with Gasteiger partial charge < -0.3 is 0 Å². The van der Waals surface area contributed by atoms with Crippen molar-refractivity contribution in [2.75, 3.05) is 0 Å². The normalized spacial score (nSPS) is 36.0. The third-order valence-corrected chi connectivity index (χ3v) is 2.00. The molecule has 2 bridgehead atoms.